The van der Waals surface area contributed by atoms with Crippen molar-refractivity contribution in [3.63, 3.8) is 0 Å². The molecule has 0 N–H and O–H groups in total. The van der Waals surface area contributed by atoms with Gasteiger partial charge in [0, 0.05) is 27.6 Å². The molecule has 2 heterocycles. The Morgan fingerprint density at radius 3 is 2.68 bits per heavy atom. The van der Waals surface area contributed by atoms with Crippen LogP contribution in [0.4, 0.5) is 0 Å². The van der Waals surface area contributed by atoms with Crippen molar-refractivity contribution < 1.29 is 0 Å². The molecule has 0 amide bonds. The summed E-state index contributed by atoms with van der Waals surface area (Å²) in [6, 6.07) is 8.99. The second-order valence-electron chi connectivity index (χ2n) is 6.59. The molecule has 0 aliphatic carbocycles. The van der Waals surface area contributed by atoms with Gasteiger partial charge in [0.2, 0.25) is 0 Å². The molecule has 5 heteroatoms. The van der Waals surface area contributed by atoms with E-state index < -0.39 is 0 Å². The van der Waals surface area contributed by atoms with Crippen LogP contribution in [-0.4, -0.2) is 14.8 Å². The van der Waals surface area contributed by atoms with Crippen molar-refractivity contribution in [1.29, 1.82) is 0 Å². The third-order valence-electron chi connectivity index (χ3n) is 4.33. The van der Waals surface area contributed by atoms with Crippen molar-refractivity contribution in [1.82, 2.24) is 14.8 Å². The Kier molecular flexibility index (Phi) is 5.64. The van der Waals surface area contributed by atoms with Gasteiger partial charge in [0.1, 0.15) is 0 Å². The van der Waals surface area contributed by atoms with Gasteiger partial charge < -0.3 is 0 Å². The van der Waals surface area contributed by atoms with Crippen molar-refractivity contribution in [2.24, 2.45) is 0 Å². The predicted octanol–water partition coefficient (Wildman–Crippen LogP) is 6.06. The zero-order valence-electron chi connectivity index (χ0n) is 15.5. The molecule has 3 nitrogen and oxygen atoms in total. The largest absolute Gasteiger partial charge is 0.299 e. The van der Waals surface area contributed by atoms with E-state index in [1.807, 2.05) is 0 Å². The maximum absolute atomic E-state index is 4.56. The maximum Gasteiger partial charge on any atom is 0.192 e. The molecule has 0 aliphatic rings. The van der Waals surface area contributed by atoms with Crippen molar-refractivity contribution in [2.75, 3.05) is 0 Å². The summed E-state index contributed by atoms with van der Waals surface area (Å²) in [5.41, 5.74) is 5.26. The Bertz CT molecular complexity index is 862. The first kappa shape index (κ1) is 18.2. The maximum atomic E-state index is 4.56. The Morgan fingerprint density at radius 2 is 2.00 bits per heavy atom. The molecule has 25 heavy (non-hydrogen) atoms. The number of aryl methyl sites for hydroxylation is 2. The fourth-order valence-corrected chi connectivity index (χ4v) is 5.03. The molecule has 0 saturated heterocycles. The first-order valence-electron chi connectivity index (χ1n) is 8.71. The molecule has 1 aromatic carbocycles. The molecule has 0 fully saturated rings. The number of thiophene rings is 1. The number of nitrogens with zero attached hydrogens (tertiary/aromatic N) is 3. The summed E-state index contributed by atoms with van der Waals surface area (Å²) in [6.45, 7) is 10.9. The van der Waals surface area contributed by atoms with Crippen LogP contribution in [0.2, 0.25) is 0 Å². The molecular weight excluding hydrogens is 346 g/mol. The van der Waals surface area contributed by atoms with Crippen molar-refractivity contribution in [3.8, 4) is 11.4 Å². The normalized spacial score (nSPS) is 11.4. The van der Waals surface area contributed by atoms with E-state index in [0.717, 1.165) is 23.2 Å². The van der Waals surface area contributed by atoms with E-state index in [-0.39, 0.29) is 0 Å². The number of hydrogen-bond acceptors (Lipinski definition) is 4. The number of aromatic nitrogens is 3. The van der Waals surface area contributed by atoms with Crippen LogP contribution in [0.3, 0.4) is 0 Å². The Hall–Kier alpha value is -1.59. The van der Waals surface area contributed by atoms with E-state index in [4.69, 9.17) is 0 Å². The highest BCUT2D eigenvalue weighted by atomic mass is 32.2. The Morgan fingerprint density at radius 1 is 1.20 bits per heavy atom. The molecular formula is C20H25N3S2. The van der Waals surface area contributed by atoms with Crippen LogP contribution < -0.4 is 0 Å². The number of hydrogen-bond donors (Lipinski definition) is 0. The molecule has 0 saturated carbocycles. The molecule has 0 unspecified atom stereocenters. The van der Waals surface area contributed by atoms with Crippen LogP contribution >= 0.6 is 23.1 Å². The average Bonchev–Trinajstić information content (AvgIpc) is 3.15. The summed E-state index contributed by atoms with van der Waals surface area (Å²) in [7, 11) is 0. The third kappa shape index (κ3) is 3.82. The summed E-state index contributed by atoms with van der Waals surface area (Å²) in [6.07, 6.45) is 1.03. The van der Waals surface area contributed by atoms with Gasteiger partial charge in [-0.2, -0.15) is 0 Å². The van der Waals surface area contributed by atoms with E-state index in [9.17, 15) is 0 Å². The van der Waals surface area contributed by atoms with E-state index in [1.54, 1.807) is 23.1 Å². The zero-order valence-corrected chi connectivity index (χ0v) is 17.2. The quantitative estimate of drug-likeness (QED) is 0.493. The van der Waals surface area contributed by atoms with Crippen molar-refractivity contribution in [3.05, 3.63) is 51.2 Å². The van der Waals surface area contributed by atoms with Crippen LogP contribution in [0.1, 0.15) is 48.4 Å². The summed E-state index contributed by atoms with van der Waals surface area (Å²) in [4.78, 5) is 1.38. The number of thioether (sulfide) groups is 1. The molecule has 0 bridgehead atoms. The standard InChI is InChI=1S/C20H25N3S2/c1-6-17-15(5)24-12-18(17)19-21-22-20(23(19)13(2)3)25-11-16-9-7-8-14(4)10-16/h7-10,12-13H,6,11H2,1-5H3. The van der Waals surface area contributed by atoms with Gasteiger partial charge in [-0.3, -0.25) is 4.57 Å². The van der Waals surface area contributed by atoms with Gasteiger partial charge in [0.05, 0.1) is 0 Å². The minimum atomic E-state index is 0.329. The van der Waals surface area contributed by atoms with Crippen LogP contribution in [-0.2, 0) is 12.2 Å². The SMILES string of the molecule is CCc1c(-c2nnc(SCc3cccc(C)c3)n2C(C)C)csc1C. The fourth-order valence-electron chi connectivity index (χ4n) is 3.08. The van der Waals surface area contributed by atoms with E-state index in [1.165, 1.54) is 27.1 Å². The lowest BCUT2D eigenvalue weighted by atomic mass is 10.1. The summed E-state index contributed by atoms with van der Waals surface area (Å²) < 4.78 is 2.28. The van der Waals surface area contributed by atoms with E-state index in [0.29, 0.717) is 6.04 Å². The predicted molar refractivity (Wildman–Crippen MR) is 109 cm³/mol. The van der Waals surface area contributed by atoms with Gasteiger partial charge in [-0.15, -0.1) is 21.5 Å². The third-order valence-corrected chi connectivity index (χ3v) is 6.30. The smallest absolute Gasteiger partial charge is 0.192 e. The summed E-state index contributed by atoms with van der Waals surface area (Å²) >= 11 is 3.57. The van der Waals surface area contributed by atoms with Crippen LogP contribution in [0, 0.1) is 13.8 Å². The lowest BCUT2D eigenvalue weighted by Gasteiger charge is -2.14. The van der Waals surface area contributed by atoms with Crippen LogP contribution in [0.15, 0.2) is 34.8 Å². The molecule has 0 radical (unpaired) electrons. The first-order chi connectivity index (χ1) is 12.0. The van der Waals surface area contributed by atoms with E-state index >= 15 is 0 Å². The molecule has 2 aromatic heterocycles. The second-order valence-corrected chi connectivity index (χ2v) is 8.61. The first-order valence-corrected chi connectivity index (χ1v) is 10.6. The number of rotatable bonds is 6. The van der Waals surface area contributed by atoms with Crippen molar-refractivity contribution >= 4 is 23.1 Å². The van der Waals surface area contributed by atoms with Gasteiger partial charge in [0.15, 0.2) is 11.0 Å². The molecule has 3 rings (SSSR count). The van der Waals surface area contributed by atoms with Crippen molar-refractivity contribution in [2.45, 2.75) is 58.0 Å². The Balaban J connectivity index is 1.92. The van der Waals surface area contributed by atoms with Crippen LogP contribution in [0.25, 0.3) is 11.4 Å². The van der Waals surface area contributed by atoms with Gasteiger partial charge in [-0.05, 0) is 45.2 Å². The fraction of sp³-hybridized carbons (Fsp3) is 0.400. The van der Waals surface area contributed by atoms with Crippen LogP contribution in [0.5, 0.6) is 0 Å². The monoisotopic (exact) mass is 371 g/mol. The molecule has 132 valence electrons. The Labute approximate surface area is 158 Å². The number of benzene rings is 1. The van der Waals surface area contributed by atoms with Gasteiger partial charge >= 0.3 is 0 Å². The highest BCUT2D eigenvalue weighted by molar-refractivity contribution is 7.98. The molecule has 0 atom stereocenters. The minimum absolute atomic E-state index is 0.329. The highest BCUT2D eigenvalue weighted by Gasteiger charge is 2.20. The lowest BCUT2D eigenvalue weighted by Crippen LogP contribution is -2.05. The summed E-state index contributed by atoms with van der Waals surface area (Å²) in [5.74, 6) is 1.92. The topological polar surface area (TPSA) is 30.7 Å². The highest BCUT2D eigenvalue weighted by Crippen LogP contribution is 2.35. The van der Waals surface area contributed by atoms with Gasteiger partial charge in [-0.1, -0.05) is 48.5 Å². The van der Waals surface area contributed by atoms with Gasteiger partial charge in [0.25, 0.3) is 0 Å². The zero-order chi connectivity index (χ0) is 18.0. The van der Waals surface area contributed by atoms with Gasteiger partial charge in [-0.25, -0.2) is 0 Å². The van der Waals surface area contributed by atoms with E-state index in [2.05, 4.69) is 79.0 Å². The average molecular weight is 372 g/mol. The second kappa shape index (κ2) is 7.75. The lowest BCUT2D eigenvalue weighted by molar-refractivity contribution is 0.555. The molecule has 0 spiro atoms. The summed E-state index contributed by atoms with van der Waals surface area (Å²) in [5, 5.41) is 12.3. The molecule has 0 aliphatic heterocycles. The molecule has 3 aromatic rings. The minimum Gasteiger partial charge on any atom is -0.299 e.